The summed E-state index contributed by atoms with van der Waals surface area (Å²) in [6, 6.07) is 10.0. The van der Waals surface area contributed by atoms with E-state index in [2.05, 4.69) is 11.4 Å². The van der Waals surface area contributed by atoms with E-state index in [1.165, 1.54) is 6.07 Å². The molecule has 0 bridgehead atoms. The Bertz CT molecular complexity index is 696. The molecule has 2 aromatic rings. The largest absolute Gasteiger partial charge is 0.506 e. The Morgan fingerprint density at radius 1 is 1.10 bits per heavy atom. The van der Waals surface area contributed by atoms with Gasteiger partial charge in [0.05, 0.1) is 16.3 Å². The first-order valence-electron chi connectivity index (χ1n) is 5.61. The van der Waals surface area contributed by atoms with Gasteiger partial charge in [0.1, 0.15) is 11.8 Å². The van der Waals surface area contributed by atoms with Crippen LogP contribution in [0.3, 0.4) is 0 Å². The van der Waals surface area contributed by atoms with Crippen molar-refractivity contribution in [1.29, 1.82) is 5.26 Å². The Kier molecular flexibility index (Phi) is 4.61. The van der Waals surface area contributed by atoms with Gasteiger partial charge in [0, 0.05) is 22.2 Å². The second-order valence-electron chi connectivity index (χ2n) is 4.05. The number of benzene rings is 2. The maximum Gasteiger partial charge on any atom is 0.139 e. The number of phenols is 1. The van der Waals surface area contributed by atoms with Crippen LogP contribution in [0.15, 0.2) is 30.3 Å². The number of aromatic hydroxyl groups is 1. The molecule has 0 aliphatic carbocycles. The first-order valence-corrected chi connectivity index (χ1v) is 6.75. The first kappa shape index (κ1) is 14.8. The van der Waals surface area contributed by atoms with E-state index in [-0.39, 0.29) is 17.3 Å². The smallest absolute Gasteiger partial charge is 0.139 e. The number of nitrogens with one attached hydrogen (secondary N) is 1. The minimum Gasteiger partial charge on any atom is -0.506 e. The Morgan fingerprint density at radius 2 is 1.85 bits per heavy atom. The molecule has 0 aliphatic heterocycles. The molecule has 20 heavy (non-hydrogen) atoms. The van der Waals surface area contributed by atoms with Crippen LogP contribution in [0.4, 0.5) is 5.69 Å². The molecular weight excluding hydrogens is 319 g/mol. The van der Waals surface area contributed by atoms with Gasteiger partial charge in [-0.15, -0.1) is 0 Å². The normalized spacial score (nSPS) is 10.1. The molecule has 2 aromatic carbocycles. The van der Waals surface area contributed by atoms with Crippen molar-refractivity contribution in [3.05, 3.63) is 56.5 Å². The van der Waals surface area contributed by atoms with Gasteiger partial charge in [0.2, 0.25) is 0 Å². The van der Waals surface area contributed by atoms with Gasteiger partial charge in [-0.25, -0.2) is 0 Å². The molecule has 0 saturated heterocycles. The highest BCUT2D eigenvalue weighted by Gasteiger charge is 2.09. The molecular formula is C14H9Cl3N2O. The topological polar surface area (TPSA) is 56.0 Å². The fraction of sp³-hybridized carbons (Fsp3) is 0.0714. The molecule has 102 valence electrons. The van der Waals surface area contributed by atoms with Gasteiger partial charge >= 0.3 is 0 Å². The van der Waals surface area contributed by atoms with Crippen LogP contribution in [0.1, 0.15) is 11.1 Å². The molecule has 6 heteroatoms. The van der Waals surface area contributed by atoms with Gasteiger partial charge in [-0.2, -0.15) is 5.26 Å². The summed E-state index contributed by atoms with van der Waals surface area (Å²) in [7, 11) is 0. The second-order valence-corrected chi connectivity index (χ2v) is 5.33. The summed E-state index contributed by atoms with van der Waals surface area (Å²) < 4.78 is 0. The third-order valence-corrected chi connectivity index (χ3v) is 3.42. The molecule has 0 radical (unpaired) electrons. The fourth-order valence-electron chi connectivity index (χ4n) is 1.70. The average Bonchev–Trinajstić information content (AvgIpc) is 2.41. The summed E-state index contributed by atoms with van der Waals surface area (Å²) in [6.45, 7) is 0.265. The lowest BCUT2D eigenvalue weighted by atomic mass is 10.1. The maximum atomic E-state index is 9.86. The molecule has 3 nitrogen and oxygen atoms in total. The Balaban J connectivity index is 2.26. The van der Waals surface area contributed by atoms with Crippen molar-refractivity contribution in [2.75, 3.05) is 5.32 Å². The second kappa shape index (κ2) is 6.23. The van der Waals surface area contributed by atoms with Gasteiger partial charge in [-0.1, -0.05) is 34.8 Å². The van der Waals surface area contributed by atoms with Crippen molar-refractivity contribution >= 4 is 40.5 Å². The Hall–Kier alpha value is -1.60. The van der Waals surface area contributed by atoms with E-state index in [0.717, 1.165) is 0 Å². The van der Waals surface area contributed by atoms with Gasteiger partial charge in [-0.05, 0) is 30.3 Å². The SMILES string of the molecule is N#Cc1ccc(Cl)cc1NCc1cc(Cl)cc(Cl)c1O. The van der Waals surface area contributed by atoms with Crippen molar-refractivity contribution in [2.24, 2.45) is 0 Å². The van der Waals surface area contributed by atoms with Crippen LogP contribution in [0, 0.1) is 11.3 Å². The summed E-state index contributed by atoms with van der Waals surface area (Å²) in [4.78, 5) is 0. The highest BCUT2D eigenvalue weighted by Crippen LogP contribution is 2.32. The van der Waals surface area contributed by atoms with Gasteiger partial charge in [0.25, 0.3) is 0 Å². The number of nitriles is 1. The lowest BCUT2D eigenvalue weighted by Crippen LogP contribution is -2.02. The zero-order valence-electron chi connectivity index (χ0n) is 10.1. The summed E-state index contributed by atoms with van der Waals surface area (Å²) in [5, 5.41) is 23.0. The third kappa shape index (κ3) is 3.29. The molecule has 0 heterocycles. The quantitative estimate of drug-likeness (QED) is 0.848. The molecule has 0 fully saturated rings. The van der Waals surface area contributed by atoms with E-state index < -0.39 is 0 Å². The number of phenolic OH excluding ortho intramolecular Hbond substituents is 1. The molecule has 0 saturated carbocycles. The number of nitrogens with zero attached hydrogens (tertiary/aromatic N) is 1. The summed E-state index contributed by atoms with van der Waals surface area (Å²) in [5.41, 5.74) is 1.57. The Labute approximate surface area is 131 Å². The molecule has 0 aromatic heterocycles. The van der Waals surface area contributed by atoms with Crippen LogP contribution in [0.2, 0.25) is 15.1 Å². The number of hydrogen-bond acceptors (Lipinski definition) is 3. The van der Waals surface area contributed by atoms with E-state index in [4.69, 9.17) is 40.1 Å². The van der Waals surface area contributed by atoms with Crippen molar-refractivity contribution in [2.45, 2.75) is 6.54 Å². The summed E-state index contributed by atoms with van der Waals surface area (Å²) >= 11 is 17.6. The van der Waals surface area contributed by atoms with Crippen LogP contribution in [-0.2, 0) is 6.54 Å². The average molecular weight is 328 g/mol. The lowest BCUT2D eigenvalue weighted by molar-refractivity contribution is 0.469. The fourth-order valence-corrected chi connectivity index (χ4v) is 2.41. The van der Waals surface area contributed by atoms with E-state index in [9.17, 15) is 5.11 Å². The van der Waals surface area contributed by atoms with Gasteiger partial charge in [0.15, 0.2) is 0 Å². The monoisotopic (exact) mass is 326 g/mol. The van der Waals surface area contributed by atoms with Crippen LogP contribution in [0.25, 0.3) is 0 Å². The molecule has 0 unspecified atom stereocenters. The predicted molar refractivity (Wildman–Crippen MR) is 81.6 cm³/mol. The van der Waals surface area contributed by atoms with E-state index in [1.54, 1.807) is 24.3 Å². The molecule has 0 amide bonds. The molecule has 0 spiro atoms. The third-order valence-electron chi connectivity index (χ3n) is 2.68. The number of halogens is 3. The zero-order chi connectivity index (χ0) is 14.7. The standard InChI is InChI=1S/C14H9Cl3N2O/c15-10-2-1-8(6-18)13(5-10)19-7-9-3-11(16)4-12(17)14(9)20/h1-5,19-20H,7H2. The summed E-state index contributed by atoms with van der Waals surface area (Å²) in [6.07, 6.45) is 0. The Morgan fingerprint density at radius 3 is 2.55 bits per heavy atom. The highest BCUT2D eigenvalue weighted by molar-refractivity contribution is 6.35. The van der Waals surface area contributed by atoms with Crippen LogP contribution in [-0.4, -0.2) is 5.11 Å². The number of rotatable bonds is 3. The van der Waals surface area contributed by atoms with Crippen LogP contribution < -0.4 is 5.32 Å². The van der Waals surface area contributed by atoms with E-state index in [0.29, 0.717) is 26.9 Å². The van der Waals surface area contributed by atoms with Crippen molar-refractivity contribution in [3.63, 3.8) is 0 Å². The number of anilines is 1. The van der Waals surface area contributed by atoms with Crippen molar-refractivity contribution in [3.8, 4) is 11.8 Å². The van der Waals surface area contributed by atoms with E-state index in [1.807, 2.05) is 0 Å². The molecule has 0 aliphatic rings. The van der Waals surface area contributed by atoms with Crippen LogP contribution >= 0.6 is 34.8 Å². The van der Waals surface area contributed by atoms with Crippen molar-refractivity contribution < 1.29 is 5.11 Å². The number of hydrogen-bond donors (Lipinski definition) is 2. The molecule has 2 N–H and O–H groups in total. The molecule has 0 atom stereocenters. The molecule has 2 rings (SSSR count). The minimum atomic E-state index is -0.0379. The first-order chi connectivity index (χ1) is 9.51. The zero-order valence-corrected chi connectivity index (χ0v) is 12.4. The predicted octanol–water partition coefficient (Wildman–Crippen LogP) is 4.84. The lowest BCUT2D eigenvalue weighted by Gasteiger charge is -2.11. The minimum absolute atomic E-state index is 0.0379. The maximum absolute atomic E-state index is 9.86. The van der Waals surface area contributed by atoms with Crippen molar-refractivity contribution in [1.82, 2.24) is 0 Å². The van der Waals surface area contributed by atoms with Gasteiger partial charge < -0.3 is 10.4 Å². The summed E-state index contributed by atoms with van der Waals surface area (Å²) in [5.74, 6) is -0.0379. The van der Waals surface area contributed by atoms with Crippen LogP contribution in [0.5, 0.6) is 5.75 Å². The van der Waals surface area contributed by atoms with Gasteiger partial charge in [-0.3, -0.25) is 0 Å². The van der Waals surface area contributed by atoms with E-state index >= 15 is 0 Å². The highest BCUT2D eigenvalue weighted by atomic mass is 35.5.